The molecule has 2 aromatic carbocycles. The average Bonchev–Trinajstić information content (AvgIpc) is 3.20. The first-order valence-electron chi connectivity index (χ1n) is 8.20. The summed E-state index contributed by atoms with van der Waals surface area (Å²) in [6.45, 7) is 2.65. The second-order valence-electron chi connectivity index (χ2n) is 6.23. The number of hydrogen-bond donors (Lipinski definition) is 1. The molecule has 1 fully saturated rings. The second-order valence-corrected chi connectivity index (χ2v) is 6.23. The third-order valence-corrected chi connectivity index (χ3v) is 4.48. The van der Waals surface area contributed by atoms with Gasteiger partial charge in [0.15, 0.2) is 11.5 Å². The van der Waals surface area contributed by atoms with Gasteiger partial charge < -0.3 is 19.7 Å². The summed E-state index contributed by atoms with van der Waals surface area (Å²) in [5, 5.41) is 2.84. The molecule has 0 aromatic heterocycles. The molecule has 4 rings (SSSR count). The van der Waals surface area contributed by atoms with Gasteiger partial charge in [-0.25, -0.2) is 0 Å². The first-order valence-corrected chi connectivity index (χ1v) is 8.20. The van der Waals surface area contributed by atoms with Crippen LogP contribution in [0.4, 0.5) is 11.4 Å². The number of carbonyl (C=O) groups excluding carboxylic acids is 2. The Kier molecular flexibility index (Phi) is 3.80. The van der Waals surface area contributed by atoms with E-state index in [-0.39, 0.29) is 18.6 Å². The van der Waals surface area contributed by atoms with Gasteiger partial charge in [-0.05, 0) is 43.2 Å². The number of benzene rings is 2. The molecule has 0 aliphatic carbocycles. The standard InChI is InChI=1S/C19H18N2O4/c1-12-3-2-4-13(9-12)20-18(22)15-7-8-21(19(15)23)14-5-6-16-17(10-14)25-11-24-16/h2-6,9-10,15H,7-8,11H2,1H3,(H,20,22)/t15-/m1/s1. The molecule has 6 nitrogen and oxygen atoms in total. The van der Waals surface area contributed by atoms with Crippen LogP contribution in [0, 0.1) is 12.8 Å². The first-order chi connectivity index (χ1) is 12.1. The van der Waals surface area contributed by atoms with Crippen molar-refractivity contribution in [3.63, 3.8) is 0 Å². The molecule has 2 aromatic rings. The Morgan fingerprint density at radius 2 is 2.00 bits per heavy atom. The molecule has 128 valence electrons. The molecule has 2 aliphatic heterocycles. The lowest BCUT2D eigenvalue weighted by atomic mass is 10.1. The Morgan fingerprint density at radius 1 is 1.16 bits per heavy atom. The summed E-state index contributed by atoms with van der Waals surface area (Å²) in [6.07, 6.45) is 0.491. The van der Waals surface area contributed by atoms with E-state index in [2.05, 4.69) is 5.32 Å². The predicted octanol–water partition coefficient (Wildman–Crippen LogP) is 2.72. The van der Waals surface area contributed by atoms with Crippen LogP contribution in [0.15, 0.2) is 42.5 Å². The van der Waals surface area contributed by atoms with Crippen molar-refractivity contribution in [2.75, 3.05) is 23.6 Å². The minimum atomic E-state index is -0.675. The molecular formula is C19H18N2O4. The number of nitrogens with zero attached hydrogens (tertiary/aromatic N) is 1. The van der Waals surface area contributed by atoms with Gasteiger partial charge in [0.1, 0.15) is 5.92 Å². The van der Waals surface area contributed by atoms with Gasteiger partial charge in [0.25, 0.3) is 0 Å². The van der Waals surface area contributed by atoms with Crippen LogP contribution >= 0.6 is 0 Å². The predicted molar refractivity (Wildman–Crippen MR) is 92.8 cm³/mol. The number of rotatable bonds is 3. The molecule has 1 saturated heterocycles. The number of aryl methyl sites for hydroxylation is 1. The molecule has 1 N–H and O–H groups in total. The van der Waals surface area contributed by atoms with Gasteiger partial charge in [-0.3, -0.25) is 9.59 Å². The Bertz CT molecular complexity index is 849. The maximum atomic E-state index is 12.7. The summed E-state index contributed by atoms with van der Waals surface area (Å²) >= 11 is 0. The largest absolute Gasteiger partial charge is 0.454 e. The fourth-order valence-corrected chi connectivity index (χ4v) is 3.18. The van der Waals surface area contributed by atoms with Crippen molar-refractivity contribution in [3.8, 4) is 11.5 Å². The Balaban J connectivity index is 1.48. The summed E-state index contributed by atoms with van der Waals surface area (Å²) in [4.78, 5) is 26.8. The number of carbonyl (C=O) groups is 2. The number of hydrogen-bond acceptors (Lipinski definition) is 4. The van der Waals surface area contributed by atoms with Crippen LogP contribution in [-0.4, -0.2) is 25.2 Å². The van der Waals surface area contributed by atoms with Gasteiger partial charge >= 0.3 is 0 Å². The van der Waals surface area contributed by atoms with Gasteiger partial charge in [0.05, 0.1) is 0 Å². The molecule has 6 heteroatoms. The fraction of sp³-hybridized carbons (Fsp3) is 0.263. The lowest BCUT2D eigenvalue weighted by Gasteiger charge is -2.17. The maximum Gasteiger partial charge on any atom is 0.239 e. The van der Waals surface area contributed by atoms with E-state index in [1.807, 2.05) is 37.3 Å². The first kappa shape index (κ1) is 15.5. The lowest BCUT2D eigenvalue weighted by molar-refractivity contribution is -0.129. The molecule has 2 aliphatic rings. The number of fused-ring (bicyclic) bond motifs is 1. The molecule has 0 spiro atoms. The van der Waals surface area contributed by atoms with Crippen LogP contribution in [0.1, 0.15) is 12.0 Å². The van der Waals surface area contributed by atoms with E-state index in [9.17, 15) is 9.59 Å². The van der Waals surface area contributed by atoms with Crippen molar-refractivity contribution >= 4 is 23.2 Å². The van der Waals surface area contributed by atoms with Crippen molar-refractivity contribution in [2.24, 2.45) is 5.92 Å². The third kappa shape index (κ3) is 2.91. The van der Waals surface area contributed by atoms with Gasteiger partial charge in [-0.15, -0.1) is 0 Å². The molecule has 2 heterocycles. The normalized spacial score (nSPS) is 18.5. The highest BCUT2D eigenvalue weighted by Gasteiger charge is 2.38. The van der Waals surface area contributed by atoms with Crippen molar-refractivity contribution in [2.45, 2.75) is 13.3 Å². The van der Waals surface area contributed by atoms with Crippen LogP contribution in [0.25, 0.3) is 0 Å². The molecule has 25 heavy (non-hydrogen) atoms. The molecule has 0 saturated carbocycles. The molecule has 0 radical (unpaired) electrons. The van der Waals surface area contributed by atoms with Crippen molar-refractivity contribution in [3.05, 3.63) is 48.0 Å². The van der Waals surface area contributed by atoms with Crippen molar-refractivity contribution in [1.82, 2.24) is 0 Å². The highest BCUT2D eigenvalue weighted by atomic mass is 16.7. The van der Waals surface area contributed by atoms with E-state index in [1.54, 1.807) is 17.0 Å². The van der Waals surface area contributed by atoms with Gasteiger partial charge in [-0.2, -0.15) is 0 Å². The van der Waals surface area contributed by atoms with E-state index in [0.29, 0.717) is 30.2 Å². The van der Waals surface area contributed by atoms with E-state index in [0.717, 1.165) is 11.3 Å². The highest BCUT2D eigenvalue weighted by Crippen LogP contribution is 2.37. The number of nitrogens with one attached hydrogen (secondary N) is 1. The quantitative estimate of drug-likeness (QED) is 0.874. The SMILES string of the molecule is Cc1cccc(NC(=O)[C@H]2CCN(c3ccc4c(c3)OCO4)C2=O)c1. The minimum absolute atomic E-state index is 0.189. The van der Waals surface area contributed by atoms with Crippen molar-refractivity contribution < 1.29 is 19.1 Å². The Hall–Kier alpha value is -3.02. The van der Waals surface area contributed by atoms with Crippen LogP contribution in [0.5, 0.6) is 11.5 Å². The number of amides is 2. The van der Waals surface area contributed by atoms with Gasteiger partial charge in [-0.1, -0.05) is 12.1 Å². The zero-order valence-electron chi connectivity index (χ0n) is 13.8. The zero-order valence-corrected chi connectivity index (χ0v) is 13.8. The number of anilines is 2. The van der Waals surface area contributed by atoms with E-state index in [1.165, 1.54) is 0 Å². The minimum Gasteiger partial charge on any atom is -0.454 e. The van der Waals surface area contributed by atoms with Crippen LogP contribution in [0.2, 0.25) is 0 Å². The summed E-state index contributed by atoms with van der Waals surface area (Å²) in [7, 11) is 0. The van der Waals surface area contributed by atoms with Crippen molar-refractivity contribution in [1.29, 1.82) is 0 Å². The van der Waals surface area contributed by atoms with Crippen LogP contribution < -0.4 is 19.7 Å². The third-order valence-electron chi connectivity index (χ3n) is 4.48. The summed E-state index contributed by atoms with van der Waals surface area (Å²) in [5.41, 5.74) is 2.48. The fourth-order valence-electron chi connectivity index (χ4n) is 3.18. The van der Waals surface area contributed by atoms with Gasteiger partial charge in [0.2, 0.25) is 18.6 Å². The van der Waals surface area contributed by atoms with E-state index >= 15 is 0 Å². The van der Waals surface area contributed by atoms with E-state index < -0.39 is 5.92 Å². The molecular weight excluding hydrogens is 320 g/mol. The molecule has 0 bridgehead atoms. The monoisotopic (exact) mass is 338 g/mol. The smallest absolute Gasteiger partial charge is 0.239 e. The van der Waals surface area contributed by atoms with Gasteiger partial charge in [0, 0.05) is 24.0 Å². The molecule has 0 unspecified atom stereocenters. The highest BCUT2D eigenvalue weighted by molar-refractivity contribution is 6.13. The zero-order chi connectivity index (χ0) is 17.4. The second kappa shape index (κ2) is 6.12. The van der Waals surface area contributed by atoms with E-state index in [4.69, 9.17) is 9.47 Å². The Morgan fingerprint density at radius 3 is 2.84 bits per heavy atom. The average molecular weight is 338 g/mol. The molecule has 2 amide bonds. The summed E-state index contributed by atoms with van der Waals surface area (Å²) in [5.74, 6) is 0.163. The topological polar surface area (TPSA) is 67.9 Å². The maximum absolute atomic E-state index is 12.7. The summed E-state index contributed by atoms with van der Waals surface area (Å²) < 4.78 is 10.6. The number of ether oxygens (including phenoxy) is 2. The Labute approximate surface area is 145 Å². The summed E-state index contributed by atoms with van der Waals surface area (Å²) in [6, 6.07) is 12.9. The van der Waals surface area contributed by atoms with Crippen LogP contribution in [0.3, 0.4) is 0 Å². The van der Waals surface area contributed by atoms with Crippen LogP contribution in [-0.2, 0) is 9.59 Å². The lowest BCUT2D eigenvalue weighted by Crippen LogP contribution is -2.33. The molecule has 1 atom stereocenters.